The molecule has 2 fully saturated rings. The Kier molecular flexibility index (Phi) is 6.41. The van der Waals surface area contributed by atoms with Crippen LogP contribution in [0.4, 0.5) is 10.5 Å². The fourth-order valence-electron chi connectivity index (χ4n) is 4.95. The van der Waals surface area contributed by atoms with Gasteiger partial charge in [0.2, 0.25) is 0 Å². The maximum Gasteiger partial charge on any atom is 0.410 e. The molecule has 0 bridgehead atoms. The highest BCUT2D eigenvalue weighted by Crippen LogP contribution is 2.35. The molecule has 9 nitrogen and oxygen atoms in total. The first-order valence-corrected chi connectivity index (χ1v) is 11.7. The number of anilines is 1. The molecule has 2 aliphatic rings. The summed E-state index contributed by atoms with van der Waals surface area (Å²) in [7, 11) is 1.42. The van der Waals surface area contributed by atoms with Crippen LogP contribution in [0.1, 0.15) is 52.5 Å². The summed E-state index contributed by atoms with van der Waals surface area (Å²) >= 11 is 0. The fraction of sp³-hybridized carbons (Fsp3) is 0.625. The molecule has 1 aliphatic carbocycles. The maximum atomic E-state index is 12.9. The molecule has 1 aliphatic heterocycles. The molecule has 2 aromatic rings. The molecule has 0 unspecified atom stereocenters. The van der Waals surface area contributed by atoms with E-state index in [1.807, 2.05) is 43.5 Å². The van der Waals surface area contributed by atoms with E-state index < -0.39 is 5.60 Å². The predicted octanol–water partition coefficient (Wildman–Crippen LogP) is 3.29. The number of para-hydroxylation sites is 1. The molecule has 2 heterocycles. The molecule has 1 aromatic heterocycles. The molecule has 9 heteroatoms. The van der Waals surface area contributed by atoms with E-state index in [-0.39, 0.29) is 29.7 Å². The van der Waals surface area contributed by atoms with Crippen LogP contribution in [-0.4, -0.2) is 65.4 Å². The highest BCUT2D eigenvalue weighted by atomic mass is 16.6. The van der Waals surface area contributed by atoms with Crippen molar-refractivity contribution in [3.05, 3.63) is 28.7 Å². The van der Waals surface area contributed by atoms with Crippen LogP contribution in [-0.2, 0) is 14.3 Å². The minimum Gasteiger partial charge on any atom is -0.469 e. The molecule has 0 spiro atoms. The van der Waals surface area contributed by atoms with Gasteiger partial charge in [-0.05, 0) is 58.6 Å². The summed E-state index contributed by atoms with van der Waals surface area (Å²) in [6, 6.07) is 6.02. The van der Waals surface area contributed by atoms with E-state index in [9.17, 15) is 14.4 Å². The van der Waals surface area contributed by atoms with Gasteiger partial charge in [-0.3, -0.25) is 9.36 Å². The molecule has 180 valence electrons. The second kappa shape index (κ2) is 9.11. The number of amides is 1. The van der Waals surface area contributed by atoms with Crippen LogP contribution in [0.2, 0.25) is 0 Å². The summed E-state index contributed by atoms with van der Waals surface area (Å²) in [6.07, 6.45) is 2.70. The summed E-state index contributed by atoms with van der Waals surface area (Å²) in [5, 5.41) is 0. The molecule has 1 aromatic carbocycles. The quantitative estimate of drug-likeness (QED) is 0.709. The lowest BCUT2D eigenvalue weighted by Gasteiger charge is -2.36. The molecule has 4 rings (SSSR count). The van der Waals surface area contributed by atoms with Gasteiger partial charge in [-0.2, -0.15) is 0 Å². The molecule has 1 amide bonds. The van der Waals surface area contributed by atoms with Gasteiger partial charge in [0.05, 0.1) is 29.7 Å². The van der Waals surface area contributed by atoms with Crippen LogP contribution >= 0.6 is 0 Å². The van der Waals surface area contributed by atoms with Crippen molar-refractivity contribution in [2.45, 2.75) is 58.1 Å². The number of fused-ring (bicyclic) bond motifs is 1. The number of piperazine rings is 1. The summed E-state index contributed by atoms with van der Waals surface area (Å²) in [4.78, 5) is 44.2. The van der Waals surface area contributed by atoms with E-state index in [0.717, 1.165) is 42.4 Å². The van der Waals surface area contributed by atoms with Crippen molar-refractivity contribution in [3.8, 4) is 0 Å². The normalized spacial score (nSPS) is 21.8. The molecule has 1 N–H and O–H groups in total. The van der Waals surface area contributed by atoms with Crippen LogP contribution in [0.3, 0.4) is 0 Å². The van der Waals surface area contributed by atoms with E-state index >= 15 is 0 Å². The van der Waals surface area contributed by atoms with E-state index in [2.05, 4.69) is 9.88 Å². The van der Waals surface area contributed by atoms with Crippen LogP contribution in [0.15, 0.2) is 23.0 Å². The van der Waals surface area contributed by atoms with Gasteiger partial charge in [0.1, 0.15) is 5.60 Å². The number of carbonyl (C=O) groups excluding carboxylic acids is 2. The third kappa shape index (κ3) is 4.86. The number of H-pyrrole nitrogens is 1. The molecular weight excluding hydrogens is 424 g/mol. The number of nitrogens with one attached hydrogen (secondary N) is 1. The van der Waals surface area contributed by atoms with Crippen molar-refractivity contribution in [1.82, 2.24) is 14.5 Å². The lowest BCUT2D eigenvalue weighted by atomic mass is 9.86. The van der Waals surface area contributed by atoms with E-state index in [1.165, 1.54) is 7.11 Å². The van der Waals surface area contributed by atoms with Crippen molar-refractivity contribution in [3.63, 3.8) is 0 Å². The van der Waals surface area contributed by atoms with Crippen molar-refractivity contribution in [2.24, 2.45) is 5.92 Å². The minimum atomic E-state index is -0.516. The number of aromatic nitrogens is 2. The molecule has 33 heavy (non-hydrogen) atoms. The highest BCUT2D eigenvalue weighted by Gasteiger charge is 2.31. The van der Waals surface area contributed by atoms with Gasteiger partial charge in [0.15, 0.2) is 0 Å². The van der Waals surface area contributed by atoms with Crippen molar-refractivity contribution >= 4 is 28.8 Å². The van der Waals surface area contributed by atoms with Gasteiger partial charge >= 0.3 is 17.8 Å². The van der Waals surface area contributed by atoms with Crippen LogP contribution < -0.4 is 10.6 Å². The van der Waals surface area contributed by atoms with Crippen molar-refractivity contribution in [2.75, 3.05) is 38.2 Å². The molecule has 0 radical (unpaired) electrons. The Hall–Kier alpha value is -2.97. The second-order valence-electron chi connectivity index (χ2n) is 9.95. The number of carbonyl (C=O) groups is 2. The van der Waals surface area contributed by atoms with E-state index in [4.69, 9.17) is 9.47 Å². The molecule has 1 saturated carbocycles. The largest absolute Gasteiger partial charge is 0.469 e. The van der Waals surface area contributed by atoms with Gasteiger partial charge in [0.25, 0.3) is 0 Å². The van der Waals surface area contributed by atoms with Gasteiger partial charge in [-0.15, -0.1) is 0 Å². The van der Waals surface area contributed by atoms with Crippen molar-refractivity contribution < 1.29 is 19.1 Å². The van der Waals surface area contributed by atoms with Crippen LogP contribution in [0, 0.1) is 5.92 Å². The van der Waals surface area contributed by atoms with Gasteiger partial charge in [-0.25, -0.2) is 9.59 Å². The number of aromatic amines is 1. The number of benzene rings is 1. The number of hydrogen-bond acceptors (Lipinski definition) is 6. The first-order valence-electron chi connectivity index (χ1n) is 11.7. The third-order valence-corrected chi connectivity index (χ3v) is 6.60. The van der Waals surface area contributed by atoms with Crippen molar-refractivity contribution in [1.29, 1.82) is 0 Å². The topological polar surface area (TPSA) is 96.9 Å². The van der Waals surface area contributed by atoms with Gasteiger partial charge in [-0.1, -0.05) is 6.07 Å². The monoisotopic (exact) mass is 458 g/mol. The Balaban J connectivity index is 1.50. The smallest absolute Gasteiger partial charge is 0.410 e. The number of methoxy groups -OCH3 is 1. The molecule has 0 atom stereocenters. The fourth-order valence-corrected chi connectivity index (χ4v) is 4.95. The Morgan fingerprint density at radius 2 is 1.70 bits per heavy atom. The van der Waals surface area contributed by atoms with E-state index in [0.29, 0.717) is 26.2 Å². The van der Waals surface area contributed by atoms with Crippen LogP contribution in [0.25, 0.3) is 11.0 Å². The second-order valence-corrected chi connectivity index (χ2v) is 9.95. The van der Waals surface area contributed by atoms with Gasteiger partial charge < -0.3 is 24.3 Å². The van der Waals surface area contributed by atoms with Crippen LogP contribution in [0.5, 0.6) is 0 Å². The number of ether oxygens (including phenoxy) is 2. The Bertz CT molecular complexity index is 1070. The number of esters is 1. The Morgan fingerprint density at radius 1 is 1.03 bits per heavy atom. The average molecular weight is 459 g/mol. The zero-order chi connectivity index (χ0) is 23.8. The summed E-state index contributed by atoms with van der Waals surface area (Å²) in [5.41, 5.74) is 2.04. The summed E-state index contributed by atoms with van der Waals surface area (Å²) in [6.45, 7) is 8.05. The van der Waals surface area contributed by atoms with E-state index in [1.54, 1.807) is 4.90 Å². The number of nitrogens with zero attached hydrogens (tertiary/aromatic N) is 3. The Morgan fingerprint density at radius 3 is 2.30 bits per heavy atom. The standard InChI is InChI=1S/C24H34N4O5/c1-24(2,3)33-23(31)27-14-12-26(13-15-27)18-6-5-7-19-20(18)25-22(30)28(19)17-10-8-16(9-11-17)21(29)32-4/h5-7,16-17H,8-15H2,1-4H3,(H,25,30). The summed E-state index contributed by atoms with van der Waals surface area (Å²) in [5.74, 6) is -0.239. The SMILES string of the molecule is COC(=O)C1CCC(n2c(=O)[nH]c3c(N4CCN(C(=O)OC(C)(C)C)CC4)cccc32)CC1. The number of imidazole rings is 1. The zero-order valence-corrected chi connectivity index (χ0v) is 19.9. The predicted molar refractivity (Wildman–Crippen MR) is 126 cm³/mol. The first kappa shape index (κ1) is 23.2. The van der Waals surface area contributed by atoms with Gasteiger partial charge in [0, 0.05) is 32.2 Å². The zero-order valence-electron chi connectivity index (χ0n) is 19.9. The molecular formula is C24H34N4O5. The Labute approximate surface area is 193 Å². The third-order valence-electron chi connectivity index (χ3n) is 6.60. The highest BCUT2D eigenvalue weighted by molar-refractivity contribution is 5.89. The molecule has 1 saturated heterocycles. The number of hydrogen-bond donors (Lipinski definition) is 1. The lowest BCUT2D eigenvalue weighted by Crippen LogP contribution is -2.50. The maximum absolute atomic E-state index is 12.9. The summed E-state index contributed by atoms with van der Waals surface area (Å²) < 4.78 is 12.2. The average Bonchev–Trinajstić information content (AvgIpc) is 3.13. The first-order chi connectivity index (χ1) is 15.7. The minimum absolute atomic E-state index is 0.0615. The lowest BCUT2D eigenvalue weighted by molar-refractivity contribution is -0.146. The number of rotatable bonds is 3.